The SMILES string of the molecule is CCCCCCCCCCCCCCCCCCc1ccccc1CS(=O)(=O)O. The third kappa shape index (κ3) is 15.6. The van der Waals surface area contributed by atoms with Crippen molar-refractivity contribution >= 4 is 10.1 Å². The van der Waals surface area contributed by atoms with E-state index in [1.807, 2.05) is 18.2 Å². The van der Waals surface area contributed by atoms with Gasteiger partial charge in [0.05, 0.1) is 0 Å². The molecule has 0 fully saturated rings. The predicted molar refractivity (Wildman–Crippen MR) is 125 cm³/mol. The van der Waals surface area contributed by atoms with Crippen molar-refractivity contribution in [1.29, 1.82) is 0 Å². The molecule has 168 valence electrons. The van der Waals surface area contributed by atoms with Crippen molar-refractivity contribution in [3.63, 3.8) is 0 Å². The molecule has 0 aliphatic carbocycles. The monoisotopic (exact) mass is 424 g/mol. The van der Waals surface area contributed by atoms with Crippen molar-refractivity contribution in [3.05, 3.63) is 35.4 Å². The molecule has 0 bridgehead atoms. The third-order valence-corrected chi connectivity index (χ3v) is 6.43. The molecule has 0 aromatic heterocycles. The largest absolute Gasteiger partial charge is 0.285 e. The molecule has 0 spiro atoms. The average Bonchev–Trinajstić information content (AvgIpc) is 2.67. The van der Waals surface area contributed by atoms with Crippen molar-refractivity contribution < 1.29 is 13.0 Å². The van der Waals surface area contributed by atoms with Gasteiger partial charge < -0.3 is 0 Å². The van der Waals surface area contributed by atoms with Crippen LogP contribution in [0.5, 0.6) is 0 Å². The summed E-state index contributed by atoms with van der Waals surface area (Å²) in [4.78, 5) is 0. The summed E-state index contributed by atoms with van der Waals surface area (Å²) in [5.41, 5.74) is 1.78. The van der Waals surface area contributed by atoms with E-state index in [4.69, 9.17) is 4.55 Å². The van der Waals surface area contributed by atoms with Crippen molar-refractivity contribution in [1.82, 2.24) is 0 Å². The van der Waals surface area contributed by atoms with Crippen LogP contribution in [0.3, 0.4) is 0 Å². The van der Waals surface area contributed by atoms with Crippen LogP contribution in [0.4, 0.5) is 0 Å². The van der Waals surface area contributed by atoms with Crippen LogP contribution in [0, 0.1) is 0 Å². The van der Waals surface area contributed by atoms with Crippen molar-refractivity contribution in [2.45, 2.75) is 122 Å². The van der Waals surface area contributed by atoms with Crippen LogP contribution in [0.1, 0.15) is 121 Å². The summed E-state index contributed by atoms with van der Waals surface area (Å²) >= 11 is 0. The minimum absolute atomic E-state index is 0.276. The van der Waals surface area contributed by atoms with E-state index < -0.39 is 10.1 Å². The second-order valence-electron chi connectivity index (χ2n) is 8.55. The minimum Gasteiger partial charge on any atom is -0.285 e. The fourth-order valence-corrected chi connectivity index (χ4v) is 4.68. The summed E-state index contributed by atoms with van der Waals surface area (Å²) in [6.45, 7) is 2.27. The summed E-state index contributed by atoms with van der Waals surface area (Å²) < 4.78 is 31.3. The lowest BCUT2D eigenvalue weighted by Gasteiger charge is -2.08. The van der Waals surface area contributed by atoms with Gasteiger partial charge in [-0.15, -0.1) is 0 Å². The molecular formula is C25H44O3S. The zero-order valence-electron chi connectivity index (χ0n) is 18.7. The molecule has 0 saturated heterocycles. The Balaban J connectivity index is 1.93. The van der Waals surface area contributed by atoms with E-state index in [1.54, 1.807) is 6.07 Å². The predicted octanol–water partition coefficient (Wildman–Crippen LogP) is 7.88. The molecule has 0 unspecified atom stereocenters. The summed E-state index contributed by atoms with van der Waals surface area (Å²) in [6.07, 6.45) is 22.5. The first-order chi connectivity index (χ1) is 14.0. The number of rotatable bonds is 19. The number of benzene rings is 1. The van der Waals surface area contributed by atoms with E-state index in [0.717, 1.165) is 24.0 Å². The molecule has 1 rings (SSSR count). The Hall–Kier alpha value is -0.870. The molecule has 0 heterocycles. The Kier molecular flexibility index (Phi) is 15.2. The first kappa shape index (κ1) is 26.2. The highest BCUT2D eigenvalue weighted by atomic mass is 32.2. The highest BCUT2D eigenvalue weighted by molar-refractivity contribution is 7.85. The first-order valence-electron chi connectivity index (χ1n) is 12.0. The Morgan fingerprint density at radius 2 is 1.00 bits per heavy atom. The van der Waals surface area contributed by atoms with Crippen molar-refractivity contribution in [2.24, 2.45) is 0 Å². The Morgan fingerprint density at radius 1 is 0.621 bits per heavy atom. The Labute approximate surface area is 180 Å². The molecule has 0 aliphatic rings. The maximum Gasteiger partial charge on any atom is 0.269 e. The number of hydrogen-bond donors (Lipinski definition) is 1. The van der Waals surface area contributed by atoms with E-state index in [-0.39, 0.29) is 5.75 Å². The molecule has 29 heavy (non-hydrogen) atoms. The van der Waals surface area contributed by atoms with Crippen molar-refractivity contribution in [3.8, 4) is 0 Å². The van der Waals surface area contributed by atoms with Gasteiger partial charge in [0, 0.05) is 0 Å². The Bertz CT molecular complexity index is 610. The van der Waals surface area contributed by atoms with Gasteiger partial charge in [-0.2, -0.15) is 8.42 Å². The van der Waals surface area contributed by atoms with E-state index in [9.17, 15) is 8.42 Å². The molecule has 0 amide bonds. The fraction of sp³-hybridized carbons (Fsp3) is 0.760. The highest BCUT2D eigenvalue weighted by Gasteiger charge is 2.10. The summed E-state index contributed by atoms with van der Waals surface area (Å²) in [6, 6.07) is 7.55. The van der Waals surface area contributed by atoms with E-state index in [1.165, 1.54) is 96.3 Å². The van der Waals surface area contributed by atoms with Gasteiger partial charge in [0.15, 0.2) is 0 Å². The zero-order valence-corrected chi connectivity index (χ0v) is 19.5. The lowest BCUT2D eigenvalue weighted by atomic mass is 10.0. The molecule has 0 saturated carbocycles. The standard InChI is InChI=1S/C25H44O3S/c1-2-3-4-5-6-7-8-9-10-11-12-13-14-15-16-17-20-24-21-18-19-22-25(24)23-29(26,27)28/h18-19,21-22H,2-17,20,23H2,1H3,(H,26,27,28). The lowest BCUT2D eigenvalue weighted by Crippen LogP contribution is -2.04. The van der Waals surface area contributed by atoms with Crippen LogP contribution in [0.25, 0.3) is 0 Å². The number of hydrogen-bond acceptors (Lipinski definition) is 2. The van der Waals surface area contributed by atoms with Gasteiger partial charge in [0.25, 0.3) is 10.1 Å². The van der Waals surface area contributed by atoms with E-state index in [0.29, 0.717) is 0 Å². The second kappa shape index (κ2) is 16.9. The molecule has 4 heteroatoms. The lowest BCUT2D eigenvalue weighted by molar-refractivity contribution is 0.482. The summed E-state index contributed by atoms with van der Waals surface area (Å²) in [5.74, 6) is -0.276. The average molecular weight is 425 g/mol. The van der Waals surface area contributed by atoms with Crippen LogP contribution in [-0.4, -0.2) is 13.0 Å². The van der Waals surface area contributed by atoms with E-state index in [2.05, 4.69) is 6.92 Å². The van der Waals surface area contributed by atoms with Gasteiger partial charge >= 0.3 is 0 Å². The van der Waals surface area contributed by atoms with Gasteiger partial charge in [-0.3, -0.25) is 4.55 Å². The van der Waals surface area contributed by atoms with Crippen LogP contribution in [-0.2, 0) is 22.3 Å². The maximum absolute atomic E-state index is 11.1. The highest BCUT2D eigenvalue weighted by Crippen LogP contribution is 2.17. The minimum atomic E-state index is -3.96. The molecule has 0 radical (unpaired) electrons. The van der Waals surface area contributed by atoms with Gasteiger partial charge in [-0.05, 0) is 24.0 Å². The third-order valence-electron chi connectivity index (χ3n) is 5.76. The quantitative estimate of drug-likeness (QED) is 0.181. The van der Waals surface area contributed by atoms with Crippen LogP contribution >= 0.6 is 0 Å². The molecule has 1 aromatic rings. The van der Waals surface area contributed by atoms with Gasteiger partial charge in [0.1, 0.15) is 5.75 Å². The van der Waals surface area contributed by atoms with Gasteiger partial charge in [-0.1, -0.05) is 128 Å². The normalized spacial score (nSPS) is 11.8. The van der Waals surface area contributed by atoms with Gasteiger partial charge in [0.2, 0.25) is 0 Å². The maximum atomic E-state index is 11.1. The smallest absolute Gasteiger partial charge is 0.269 e. The summed E-state index contributed by atoms with van der Waals surface area (Å²) in [5, 5.41) is 0. The van der Waals surface area contributed by atoms with Gasteiger partial charge in [-0.25, -0.2) is 0 Å². The van der Waals surface area contributed by atoms with E-state index >= 15 is 0 Å². The zero-order chi connectivity index (χ0) is 21.2. The fourth-order valence-electron chi connectivity index (χ4n) is 4.00. The molecule has 3 nitrogen and oxygen atoms in total. The molecular weight excluding hydrogens is 380 g/mol. The topological polar surface area (TPSA) is 54.4 Å². The molecule has 0 aliphatic heterocycles. The van der Waals surface area contributed by atoms with Crippen LogP contribution < -0.4 is 0 Å². The second-order valence-corrected chi connectivity index (χ2v) is 10.0. The van der Waals surface area contributed by atoms with Crippen LogP contribution in [0.15, 0.2) is 24.3 Å². The van der Waals surface area contributed by atoms with Crippen LogP contribution in [0.2, 0.25) is 0 Å². The molecule has 1 N–H and O–H groups in total. The molecule has 1 aromatic carbocycles. The Morgan fingerprint density at radius 3 is 1.41 bits per heavy atom. The molecule has 0 atom stereocenters. The number of unbranched alkanes of at least 4 members (excludes halogenated alkanes) is 15. The number of aryl methyl sites for hydroxylation is 1. The first-order valence-corrected chi connectivity index (χ1v) is 13.7. The summed E-state index contributed by atoms with van der Waals surface area (Å²) in [7, 11) is -3.96. The van der Waals surface area contributed by atoms with Crippen molar-refractivity contribution in [2.75, 3.05) is 0 Å².